The van der Waals surface area contributed by atoms with Gasteiger partial charge in [0.2, 0.25) is 10.0 Å². The molecule has 0 aromatic carbocycles. The Morgan fingerprint density at radius 2 is 2.00 bits per heavy atom. The van der Waals surface area contributed by atoms with Crippen LogP contribution >= 0.6 is 0 Å². The van der Waals surface area contributed by atoms with E-state index >= 15 is 0 Å². The standard InChI is InChI=1S/C8H18N2O2S/c1-3-13(11,12)10(2)7-8(6-9)4-5-8/h3-7,9H2,1-2H3. The lowest BCUT2D eigenvalue weighted by Crippen LogP contribution is -2.36. The SMILES string of the molecule is CCS(=O)(=O)N(C)CC1(CN)CC1. The van der Waals surface area contributed by atoms with Crippen LogP contribution in [0.15, 0.2) is 0 Å². The molecule has 1 saturated carbocycles. The molecule has 0 amide bonds. The summed E-state index contributed by atoms with van der Waals surface area (Å²) in [4.78, 5) is 0. The highest BCUT2D eigenvalue weighted by Gasteiger charge is 2.43. The van der Waals surface area contributed by atoms with Crippen molar-refractivity contribution < 1.29 is 8.42 Å². The molecule has 0 heterocycles. The molecule has 0 atom stereocenters. The van der Waals surface area contributed by atoms with E-state index in [0.29, 0.717) is 13.1 Å². The molecule has 0 unspecified atom stereocenters. The van der Waals surface area contributed by atoms with Crippen LogP contribution in [0.4, 0.5) is 0 Å². The Balaban J connectivity index is 2.55. The van der Waals surface area contributed by atoms with Crippen molar-refractivity contribution in [1.29, 1.82) is 0 Å². The number of hydrogen-bond acceptors (Lipinski definition) is 3. The van der Waals surface area contributed by atoms with E-state index < -0.39 is 10.0 Å². The first-order valence-corrected chi connectivity index (χ1v) is 6.21. The van der Waals surface area contributed by atoms with E-state index in [2.05, 4.69) is 0 Å². The average Bonchev–Trinajstić information content (AvgIpc) is 2.85. The molecule has 78 valence electrons. The Morgan fingerprint density at radius 1 is 1.46 bits per heavy atom. The van der Waals surface area contributed by atoms with Gasteiger partial charge in [-0.15, -0.1) is 0 Å². The fraction of sp³-hybridized carbons (Fsp3) is 1.00. The molecule has 0 aromatic rings. The van der Waals surface area contributed by atoms with Crippen LogP contribution in [-0.2, 0) is 10.0 Å². The number of sulfonamides is 1. The average molecular weight is 206 g/mol. The zero-order valence-corrected chi connectivity index (χ0v) is 9.10. The van der Waals surface area contributed by atoms with Gasteiger partial charge in [-0.3, -0.25) is 0 Å². The molecule has 0 aromatic heterocycles. The first kappa shape index (κ1) is 10.9. The number of nitrogens with two attached hydrogens (primary N) is 1. The van der Waals surface area contributed by atoms with Crippen LogP contribution in [0.1, 0.15) is 19.8 Å². The zero-order chi connectivity index (χ0) is 10.1. The summed E-state index contributed by atoms with van der Waals surface area (Å²) in [7, 11) is -1.39. The van der Waals surface area contributed by atoms with Gasteiger partial charge >= 0.3 is 0 Å². The monoisotopic (exact) mass is 206 g/mol. The molecule has 0 aliphatic heterocycles. The topological polar surface area (TPSA) is 63.4 Å². The fourth-order valence-corrected chi connectivity index (χ4v) is 2.31. The molecule has 13 heavy (non-hydrogen) atoms. The predicted molar refractivity (Wildman–Crippen MR) is 52.8 cm³/mol. The second-order valence-corrected chi connectivity index (χ2v) is 6.23. The summed E-state index contributed by atoms with van der Waals surface area (Å²) in [5, 5.41) is 0. The molecule has 1 fully saturated rings. The van der Waals surface area contributed by atoms with Crippen molar-refractivity contribution in [3.8, 4) is 0 Å². The van der Waals surface area contributed by atoms with E-state index in [1.807, 2.05) is 0 Å². The zero-order valence-electron chi connectivity index (χ0n) is 8.28. The van der Waals surface area contributed by atoms with Gasteiger partial charge in [-0.05, 0) is 31.7 Å². The molecular formula is C8H18N2O2S. The largest absolute Gasteiger partial charge is 0.330 e. The van der Waals surface area contributed by atoms with Gasteiger partial charge in [-0.2, -0.15) is 0 Å². The first-order valence-electron chi connectivity index (χ1n) is 4.60. The van der Waals surface area contributed by atoms with Crippen molar-refractivity contribution in [1.82, 2.24) is 4.31 Å². The highest BCUT2D eigenvalue weighted by atomic mass is 32.2. The lowest BCUT2D eigenvalue weighted by Gasteiger charge is -2.21. The minimum absolute atomic E-state index is 0.0942. The van der Waals surface area contributed by atoms with E-state index in [4.69, 9.17) is 5.73 Å². The van der Waals surface area contributed by atoms with Crippen molar-refractivity contribution in [3.05, 3.63) is 0 Å². The number of hydrogen-bond donors (Lipinski definition) is 1. The summed E-state index contributed by atoms with van der Waals surface area (Å²) in [6.07, 6.45) is 2.13. The smallest absolute Gasteiger partial charge is 0.213 e. The molecule has 0 saturated heterocycles. The maximum absolute atomic E-state index is 11.4. The molecule has 4 nitrogen and oxygen atoms in total. The van der Waals surface area contributed by atoms with Gasteiger partial charge in [-0.25, -0.2) is 12.7 Å². The third-order valence-electron chi connectivity index (χ3n) is 2.79. The minimum Gasteiger partial charge on any atom is -0.330 e. The Kier molecular flexibility index (Phi) is 2.99. The molecule has 5 heteroatoms. The van der Waals surface area contributed by atoms with Crippen LogP contribution in [0.2, 0.25) is 0 Å². The third-order valence-corrected chi connectivity index (χ3v) is 4.60. The van der Waals surface area contributed by atoms with E-state index in [0.717, 1.165) is 12.8 Å². The van der Waals surface area contributed by atoms with Crippen LogP contribution < -0.4 is 5.73 Å². The summed E-state index contributed by atoms with van der Waals surface area (Å²) in [5.41, 5.74) is 5.67. The van der Waals surface area contributed by atoms with Gasteiger partial charge in [0.1, 0.15) is 0 Å². The highest BCUT2D eigenvalue weighted by Crippen LogP contribution is 2.45. The Bertz CT molecular complexity index is 270. The third kappa shape index (κ3) is 2.42. The number of nitrogens with zero attached hydrogens (tertiary/aromatic N) is 1. The van der Waals surface area contributed by atoms with Crippen LogP contribution in [-0.4, -0.2) is 38.6 Å². The summed E-state index contributed by atoms with van der Waals surface area (Å²) < 4.78 is 24.2. The van der Waals surface area contributed by atoms with Gasteiger partial charge in [-0.1, -0.05) is 0 Å². The molecule has 1 aliphatic rings. The lowest BCUT2D eigenvalue weighted by molar-refractivity contribution is 0.372. The van der Waals surface area contributed by atoms with Gasteiger partial charge in [0.15, 0.2) is 0 Å². The normalized spacial score (nSPS) is 20.6. The Hall–Kier alpha value is -0.130. The quantitative estimate of drug-likeness (QED) is 0.689. The second kappa shape index (κ2) is 3.55. The summed E-state index contributed by atoms with van der Waals surface area (Å²) >= 11 is 0. The van der Waals surface area contributed by atoms with Gasteiger partial charge < -0.3 is 5.73 Å². The molecule has 2 N–H and O–H groups in total. The Morgan fingerprint density at radius 3 is 2.31 bits per heavy atom. The summed E-state index contributed by atoms with van der Waals surface area (Å²) in [6, 6.07) is 0. The molecule has 0 bridgehead atoms. The maximum Gasteiger partial charge on any atom is 0.213 e. The maximum atomic E-state index is 11.4. The van der Waals surface area contributed by atoms with Crippen LogP contribution in [0, 0.1) is 5.41 Å². The van der Waals surface area contributed by atoms with E-state index in [1.165, 1.54) is 4.31 Å². The van der Waals surface area contributed by atoms with Crippen molar-refractivity contribution in [2.24, 2.45) is 11.1 Å². The van der Waals surface area contributed by atoms with Crippen LogP contribution in [0.25, 0.3) is 0 Å². The molecule has 0 spiro atoms. The Labute approximate surface area is 80.1 Å². The van der Waals surface area contributed by atoms with Crippen LogP contribution in [0.3, 0.4) is 0 Å². The second-order valence-electron chi connectivity index (χ2n) is 3.86. The van der Waals surface area contributed by atoms with Gasteiger partial charge in [0.25, 0.3) is 0 Å². The highest BCUT2D eigenvalue weighted by molar-refractivity contribution is 7.89. The number of rotatable bonds is 5. The fourth-order valence-electron chi connectivity index (χ4n) is 1.39. The first-order chi connectivity index (χ1) is 5.96. The van der Waals surface area contributed by atoms with Gasteiger partial charge in [0.05, 0.1) is 5.75 Å². The minimum atomic E-state index is -3.02. The van der Waals surface area contributed by atoms with Crippen molar-refractivity contribution >= 4 is 10.0 Å². The summed E-state index contributed by atoms with van der Waals surface area (Å²) in [5.74, 6) is 0.171. The van der Waals surface area contributed by atoms with E-state index in [-0.39, 0.29) is 11.2 Å². The van der Waals surface area contributed by atoms with E-state index in [1.54, 1.807) is 14.0 Å². The molecule has 0 radical (unpaired) electrons. The van der Waals surface area contributed by atoms with Crippen LogP contribution in [0.5, 0.6) is 0 Å². The van der Waals surface area contributed by atoms with Gasteiger partial charge in [0, 0.05) is 13.6 Å². The van der Waals surface area contributed by atoms with Crippen molar-refractivity contribution in [3.63, 3.8) is 0 Å². The molecule has 1 rings (SSSR count). The summed E-state index contributed by atoms with van der Waals surface area (Å²) in [6.45, 7) is 2.84. The van der Waals surface area contributed by atoms with E-state index in [9.17, 15) is 8.42 Å². The lowest BCUT2D eigenvalue weighted by atomic mass is 10.1. The molecule has 1 aliphatic carbocycles. The van der Waals surface area contributed by atoms with Crippen molar-refractivity contribution in [2.45, 2.75) is 19.8 Å². The molecular weight excluding hydrogens is 188 g/mol. The van der Waals surface area contributed by atoms with Crippen molar-refractivity contribution in [2.75, 3.05) is 25.9 Å². The predicted octanol–water partition coefficient (Wildman–Crippen LogP) is 0.00680.